The van der Waals surface area contributed by atoms with Gasteiger partial charge in [-0.15, -0.1) is 0 Å². The average Bonchev–Trinajstić information content (AvgIpc) is 2.30. The standard InChI is InChI=1S/C12H19NOS/c1-14-12-5-3-11(4-6-12)7-8-13-9-10-15-2/h3-6,13H,7-10H2,1-2H3. The van der Waals surface area contributed by atoms with Crippen molar-refractivity contribution in [3.05, 3.63) is 29.8 Å². The van der Waals surface area contributed by atoms with Gasteiger partial charge in [0, 0.05) is 12.3 Å². The monoisotopic (exact) mass is 225 g/mol. The maximum atomic E-state index is 5.11. The van der Waals surface area contributed by atoms with Gasteiger partial charge in [0.1, 0.15) is 5.75 Å². The van der Waals surface area contributed by atoms with Gasteiger partial charge in [0.25, 0.3) is 0 Å². The van der Waals surface area contributed by atoms with Crippen molar-refractivity contribution in [2.24, 2.45) is 0 Å². The number of hydrogen-bond donors (Lipinski definition) is 1. The van der Waals surface area contributed by atoms with Gasteiger partial charge in [-0.1, -0.05) is 12.1 Å². The number of methoxy groups -OCH3 is 1. The first-order valence-corrected chi connectivity index (χ1v) is 6.59. The Morgan fingerprint density at radius 2 is 1.93 bits per heavy atom. The molecule has 0 bridgehead atoms. The lowest BCUT2D eigenvalue weighted by atomic mass is 10.1. The van der Waals surface area contributed by atoms with E-state index >= 15 is 0 Å². The fourth-order valence-corrected chi connectivity index (χ4v) is 1.67. The number of rotatable bonds is 7. The molecular weight excluding hydrogens is 206 g/mol. The van der Waals surface area contributed by atoms with Crippen molar-refractivity contribution in [2.75, 3.05) is 32.2 Å². The molecule has 0 spiro atoms. The lowest BCUT2D eigenvalue weighted by Gasteiger charge is -2.05. The molecule has 0 unspecified atom stereocenters. The van der Waals surface area contributed by atoms with E-state index in [9.17, 15) is 0 Å². The van der Waals surface area contributed by atoms with Gasteiger partial charge in [-0.3, -0.25) is 0 Å². The molecule has 1 N–H and O–H groups in total. The summed E-state index contributed by atoms with van der Waals surface area (Å²) in [6, 6.07) is 8.26. The Kier molecular flexibility index (Phi) is 6.28. The quantitative estimate of drug-likeness (QED) is 0.719. The van der Waals surface area contributed by atoms with E-state index in [-0.39, 0.29) is 0 Å². The minimum Gasteiger partial charge on any atom is -0.497 e. The molecule has 0 aliphatic heterocycles. The van der Waals surface area contributed by atoms with E-state index in [0.29, 0.717) is 0 Å². The Hall–Kier alpha value is -0.670. The van der Waals surface area contributed by atoms with Crippen molar-refractivity contribution < 1.29 is 4.74 Å². The second-order valence-electron chi connectivity index (χ2n) is 3.34. The summed E-state index contributed by atoms with van der Waals surface area (Å²) < 4.78 is 5.11. The molecule has 0 amide bonds. The summed E-state index contributed by atoms with van der Waals surface area (Å²) in [5.41, 5.74) is 1.35. The summed E-state index contributed by atoms with van der Waals surface area (Å²) in [5, 5.41) is 3.41. The molecule has 1 aromatic rings. The zero-order chi connectivity index (χ0) is 10.9. The van der Waals surface area contributed by atoms with Crippen LogP contribution in [0.2, 0.25) is 0 Å². The predicted molar refractivity (Wildman–Crippen MR) is 67.9 cm³/mol. The summed E-state index contributed by atoms with van der Waals surface area (Å²) in [6.07, 6.45) is 3.21. The maximum absolute atomic E-state index is 5.11. The molecule has 0 fully saturated rings. The third-order valence-electron chi connectivity index (χ3n) is 2.23. The first kappa shape index (κ1) is 12.4. The lowest BCUT2D eigenvalue weighted by Crippen LogP contribution is -2.19. The fourth-order valence-electron chi connectivity index (χ4n) is 1.32. The highest BCUT2D eigenvalue weighted by Crippen LogP contribution is 2.11. The molecule has 1 rings (SSSR count). The minimum absolute atomic E-state index is 0.925. The van der Waals surface area contributed by atoms with E-state index in [0.717, 1.165) is 25.3 Å². The van der Waals surface area contributed by atoms with Crippen LogP contribution in [0.15, 0.2) is 24.3 Å². The van der Waals surface area contributed by atoms with Crippen molar-refractivity contribution in [1.82, 2.24) is 5.32 Å². The smallest absolute Gasteiger partial charge is 0.118 e. The van der Waals surface area contributed by atoms with Crippen molar-refractivity contribution in [2.45, 2.75) is 6.42 Å². The summed E-state index contributed by atoms with van der Waals surface area (Å²) in [7, 11) is 1.69. The summed E-state index contributed by atoms with van der Waals surface area (Å²) in [5.74, 6) is 2.11. The van der Waals surface area contributed by atoms with Crippen LogP contribution in [0.4, 0.5) is 0 Å². The van der Waals surface area contributed by atoms with Gasteiger partial charge in [-0.25, -0.2) is 0 Å². The summed E-state index contributed by atoms with van der Waals surface area (Å²) in [4.78, 5) is 0. The molecule has 3 heteroatoms. The van der Waals surface area contributed by atoms with Crippen molar-refractivity contribution in [1.29, 1.82) is 0 Å². The molecule has 84 valence electrons. The molecule has 0 atom stereocenters. The highest BCUT2D eigenvalue weighted by atomic mass is 32.2. The van der Waals surface area contributed by atoms with Gasteiger partial charge in [0.05, 0.1) is 7.11 Å². The second kappa shape index (κ2) is 7.60. The number of benzene rings is 1. The van der Waals surface area contributed by atoms with Gasteiger partial charge < -0.3 is 10.1 Å². The molecule has 0 heterocycles. The minimum atomic E-state index is 0.925. The number of thioether (sulfide) groups is 1. The van der Waals surface area contributed by atoms with Crippen LogP contribution in [-0.2, 0) is 6.42 Å². The van der Waals surface area contributed by atoms with E-state index in [1.54, 1.807) is 7.11 Å². The van der Waals surface area contributed by atoms with Crippen LogP contribution in [0.1, 0.15) is 5.56 Å². The Balaban J connectivity index is 2.20. The molecule has 0 aliphatic carbocycles. The number of hydrogen-bond acceptors (Lipinski definition) is 3. The highest BCUT2D eigenvalue weighted by molar-refractivity contribution is 7.98. The van der Waals surface area contributed by atoms with Gasteiger partial charge in [-0.05, 0) is 36.9 Å². The fraction of sp³-hybridized carbons (Fsp3) is 0.500. The van der Waals surface area contributed by atoms with E-state index in [4.69, 9.17) is 4.74 Å². The lowest BCUT2D eigenvalue weighted by molar-refractivity contribution is 0.414. The van der Waals surface area contributed by atoms with Crippen molar-refractivity contribution in [3.63, 3.8) is 0 Å². The molecule has 2 nitrogen and oxygen atoms in total. The van der Waals surface area contributed by atoms with Gasteiger partial charge in [-0.2, -0.15) is 11.8 Å². The Morgan fingerprint density at radius 1 is 1.20 bits per heavy atom. The average molecular weight is 225 g/mol. The van der Waals surface area contributed by atoms with Crippen LogP contribution in [0, 0.1) is 0 Å². The number of nitrogens with one attached hydrogen (secondary N) is 1. The topological polar surface area (TPSA) is 21.3 Å². The van der Waals surface area contributed by atoms with E-state index in [1.807, 2.05) is 23.9 Å². The van der Waals surface area contributed by atoms with E-state index < -0.39 is 0 Å². The number of ether oxygens (including phenoxy) is 1. The maximum Gasteiger partial charge on any atom is 0.118 e. The molecule has 1 aromatic carbocycles. The zero-order valence-electron chi connectivity index (χ0n) is 9.45. The van der Waals surface area contributed by atoms with Crippen LogP contribution < -0.4 is 10.1 Å². The van der Waals surface area contributed by atoms with Gasteiger partial charge in [0.2, 0.25) is 0 Å². The molecular formula is C12H19NOS. The molecule has 0 saturated carbocycles. The molecule has 0 saturated heterocycles. The molecule has 15 heavy (non-hydrogen) atoms. The second-order valence-corrected chi connectivity index (χ2v) is 4.33. The summed E-state index contributed by atoms with van der Waals surface area (Å²) >= 11 is 1.87. The third-order valence-corrected chi connectivity index (χ3v) is 2.84. The van der Waals surface area contributed by atoms with Gasteiger partial charge in [0.15, 0.2) is 0 Å². The molecule has 0 radical (unpaired) electrons. The van der Waals surface area contributed by atoms with Gasteiger partial charge >= 0.3 is 0 Å². The van der Waals surface area contributed by atoms with Crippen molar-refractivity contribution >= 4 is 11.8 Å². The van der Waals surface area contributed by atoms with Crippen LogP contribution >= 0.6 is 11.8 Å². The van der Waals surface area contributed by atoms with E-state index in [2.05, 4.69) is 23.7 Å². The molecule has 0 aromatic heterocycles. The van der Waals surface area contributed by atoms with Crippen LogP contribution in [-0.4, -0.2) is 32.2 Å². The zero-order valence-corrected chi connectivity index (χ0v) is 10.3. The van der Waals surface area contributed by atoms with Crippen molar-refractivity contribution in [3.8, 4) is 5.75 Å². The SMILES string of the molecule is COc1ccc(CCNCCSC)cc1. The predicted octanol–water partition coefficient (Wildman–Crippen LogP) is 2.19. The Labute approximate surface area is 96.4 Å². The highest BCUT2D eigenvalue weighted by Gasteiger charge is 1.94. The Bertz CT molecular complexity index is 261. The van der Waals surface area contributed by atoms with Crippen LogP contribution in [0.5, 0.6) is 5.75 Å². The Morgan fingerprint density at radius 3 is 2.53 bits per heavy atom. The van der Waals surface area contributed by atoms with Crippen LogP contribution in [0.25, 0.3) is 0 Å². The summed E-state index contributed by atoms with van der Waals surface area (Å²) in [6.45, 7) is 2.14. The normalized spacial score (nSPS) is 10.3. The molecule has 0 aliphatic rings. The third kappa shape index (κ3) is 5.09. The first-order valence-electron chi connectivity index (χ1n) is 5.19. The largest absolute Gasteiger partial charge is 0.497 e. The van der Waals surface area contributed by atoms with E-state index in [1.165, 1.54) is 11.3 Å². The first-order chi connectivity index (χ1) is 7.36. The van der Waals surface area contributed by atoms with Crippen LogP contribution in [0.3, 0.4) is 0 Å².